The number of ether oxygens (including phenoxy) is 4. The molecule has 0 bridgehead atoms. The summed E-state index contributed by atoms with van der Waals surface area (Å²) in [6.45, 7) is 14.6. The van der Waals surface area contributed by atoms with Crippen molar-refractivity contribution in [2.75, 3.05) is 127 Å². The molecule has 17 heteroatoms. The van der Waals surface area contributed by atoms with E-state index in [2.05, 4.69) is 63.4 Å². The van der Waals surface area contributed by atoms with Crippen molar-refractivity contribution in [1.82, 2.24) is 35.1 Å². The third kappa shape index (κ3) is 30.2. The van der Waals surface area contributed by atoms with E-state index >= 15 is 0 Å². The summed E-state index contributed by atoms with van der Waals surface area (Å²) in [5.74, 6) is -0.121. The van der Waals surface area contributed by atoms with Crippen LogP contribution in [0.2, 0.25) is 0 Å². The highest BCUT2D eigenvalue weighted by Crippen LogP contribution is 2.18. The lowest BCUT2D eigenvalue weighted by Crippen LogP contribution is -2.42. The van der Waals surface area contributed by atoms with E-state index in [1.165, 1.54) is 76.8 Å². The van der Waals surface area contributed by atoms with Gasteiger partial charge in [-0.2, -0.15) is 0 Å². The second-order valence-corrected chi connectivity index (χ2v) is 24.4. The van der Waals surface area contributed by atoms with Crippen LogP contribution in [0.15, 0.2) is 176 Å². The largest absolute Gasteiger partial charge is 0.445 e. The molecule has 5 aliphatic heterocycles. The number of benzene rings is 6. The second-order valence-electron chi connectivity index (χ2n) is 24.4. The molecular formula is C77H107N7O10. The summed E-state index contributed by atoms with van der Waals surface area (Å²) >= 11 is 0. The molecule has 0 spiro atoms. The zero-order valence-electron chi connectivity index (χ0n) is 54.6. The molecule has 0 aliphatic carbocycles. The van der Waals surface area contributed by atoms with Crippen LogP contribution in [0.1, 0.15) is 118 Å². The number of carbonyl (C=O) groups is 4. The van der Waals surface area contributed by atoms with Gasteiger partial charge in [0.25, 0.3) is 17.7 Å². The summed E-state index contributed by atoms with van der Waals surface area (Å²) in [7, 11) is 7.20. The zero-order valence-corrected chi connectivity index (χ0v) is 54.6. The molecule has 6 aromatic rings. The predicted molar refractivity (Wildman–Crippen MR) is 377 cm³/mol. The second kappa shape index (κ2) is 42.7. The molecule has 0 aromatic heterocycles. The number of piperidine rings is 2. The Bertz CT molecular complexity index is 3070. The fourth-order valence-electron chi connectivity index (χ4n) is 10.7. The Morgan fingerprint density at radius 1 is 0.521 bits per heavy atom. The Balaban J connectivity index is 0.000000224. The monoisotopic (exact) mass is 1290 g/mol. The van der Waals surface area contributed by atoms with Crippen molar-refractivity contribution in [1.29, 1.82) is 0 Å². The Morgan fingerprint density at radius 2 is 0.883 bits per heavy atom. The number of β-amino-alcohol motifs (C(OH)–C–C–N with tert-alkyl or cyclic N) is 2. The van der Waals surface area contributed by atoms with Gasteiger partial charge in [-0.15, -0.1) is 0 Å². The van der Waals surface area contributed by atoms with E-state index in [-0.39, 0.29) is 57.5 Å². The van der Waals surface area contributed by atoms with Crippen LogP contribution < -0.4 is 10.6 Å². The van der Waals surface area contributed by atoms with Crippen molar-refractivity contribution in [3.63, 3.8) is 0 Å². The number of hydrogen-bond acceptors (Lipinski definition) is 13. The van der Waals surface area contributed by atoms with E-state index in [9.17, 15) is 29.4 Å². The molecule has 5 saturated heterocycles. The van der Waals surface area contributed by atoms with E-state index in [4.69, 9.17) is 18.9 Å². The number of nitrogens with one attached hydrogen (secondary N) is 2. The van der Waals surface area contributed by atoms with Crippen molar-refractivity contribution >= 4 is 23.8 Å². The van der Waals surface area contributed by atoms with Crippen molar-refractivity contribution < 1.29 is 48.3 Å². The van der Waals surface area contributed by atoms with E-state index < -0.39 is 12.2 Å². The first-order valence-corrected chi connectivity index (χ1v) is 32.7. The van der Waals surface area contributed by atoms with Gasteiger partial charge in [0.05, 0.1) is 56.9 Å². The topological polar surface area (TPSA) is 196 Å². The van der Waals surface area contributed by atoms with Gasteiger partial charge in [-0.1, -0.05) is 168 Å². The van der Waals surface area contributed by atoms with Gasteiger partial charge in [0.2, 0.25) is 0 Å². The minimum atomic E-state index is -0.519. The van der Waals surface area contributed by atoms with Crippen LogP contribution in [0.4, 0.5) is 4.79 Å². The van der Waals surface area contributed by atoms with Gasteiger partial charge < -0.3 is 64.3 Å². The molecule has 4 N–H and O–H groups in total. The molecule has 510 valence electrons. The number of rotatable bonds is 25. The minimum Gasteiger partial charge on any atom is -0.445 e. The van der Waals surface area contributed by atoms with Crippen molar-refractivity contribution in [2.45, 2.75) is 103 Å². The summed E-state index contributed by atoms with van der Waals surface area (Å²) in [5, 5.41) is 26.3. The number of carbonyl (C=O) groups excluding carboxylic acids is 4. The third-order valence-corrected chi connectivity index (χ3v) is 16.1. The molecule has 5 fully saturated rings. The van der Waals surface area contributed by atoms with E-state index in [1.807, 2.05) is 141 Å². The van der Waals surface area contributed by atoms with Crippen molar-refractivity contribution in [3.05, 3.63) is 227 Å². The smallest absolute Gasteiger partial charge is 0.409 e. The van der Waals surface area contributed by atoms with Crippen LogP contribution in [0, 0.1) is 0 Å². The molecular weight excluding hydrogens is 1180 g/mol. The number of nitrogens with zero attached hydrogens (tertiary/aromatic N) is 5. The summed E-state index contributed by atoms with van der Waals surface area (Å²) in [6.07, 6.45) is 11.2. The predicted octanol–water partition coefficient (Wildman–Crippen LogP) is 10.3. The highest BCUT2D eigenvalue weighted by molar-refractivity contribution is 5.95. The van der Waals surface area contributed by atoms with Crippen LogP contribution in [0.25, 0.3) is 0 Å². The summed E-state index contributed by atoms with van der Waals surface area (Å²) in [4.78, 5) is 57.7. The molecule has 17 nitrogen and oxygen atoms in total. The molecule has 0 radical (unpaired) electrons. The Morgan fingerprint density at radius 3 is 1.26 bits per heavy atom. The molecule has 5 atom stereocenters. The average Bonchev–Trinajstić information content (AvgIpc) is 1.65. The van der Waals surface area contributed by atoms with Gasteiger partial charge in [0.15, 0.2) is 0 Å². The number of likely N-dealkylation sites (tertiary alicyclic amines) is 2. The van der Waals surface area contributed by atoms with Gasteiger partial charge in [-0.05, 0) is 148 Å². The fraction of sp³-hybridized carbons (Fsp3) is 0.455. The third-order valence-electron chi connectivity index (χ3n) is 16.1. The Hall–Kier alpha value is -7.58. The van der Waals surface area contributed by atoms with E-state index in [0.29, 0.717) is 56.5 Å². The maximum atomic E-state index is 12.6. The van der Waals surface area contributed by atoms with Gasteiger partial charge in [-0.25, -0.2) is 4.79 Å². The van der Waals surface area contributed by atoms with Gasteiger partial charge in [-0.3, -0.25) is 14.4 Å². The van der Waals surface area contributed by atoms with Crippen LogP contribution >= 0.6 is 0 Å². The molecule has 4 amide bonds. The Labute approximate surface area is 561 Å². The molecule has 6 aromatic carbocycles. The number of aliphatic hydroxyl groups is 2. The van der Waals surface area contributed by atoms with Crippen molar-refractivity contribution in [3.8, 4) is 0 Å². The summed E-state index contributed by atoms with van der Waals surface area (Å²) < 4.78 is 19.8. The summed E-state index contributed by atoms with van der Waals surface area (Å²) in [6, 6.07) is 54.3. The first kappa shape index (κ1) is 77.1. The van der Waals surface area contributed by atoms with Crippen LogP contribution in [-0.4, -0.2) is 216 Å². The number of hydrogen-bond donors (Lipinski definition) is 4. The molecule has 0 saturated carbocycles. The Kier molecular flexibility index (Phi) is 35.0. The van der Waals surface area contributed by atoms with Gasteiger partial charge in [0, 0.05) is 77.1 Å². The van der Waals surface area contributed by atoms with E-state index in [0.717, 1.165) is 77.4 Å². The number of aliphatic hydroxyl groups excluding tert-OH is 2. The number of epoxide rings is 3. The molecule has 5 heterocycles. The molecule has 11 rings (SSSR count). The number of amides is 4. The fourth-order valence-corrected chi connectivity index (χ4v) is 10.7. The van der Waals surface area contributed by atoms with Crippen LogP contribution in [0.3, 0.4) is 0 Å². The highest BCUT2D eigenvalue weighted by atomic mass is 16.6. The molecule has 5 aliphatic rings. The van der Waals surface area contributed by atoms with Crippen LogP contribution in [0.5, 0.6) is 0 Å². The van der Waals surface area contributed by atoms with Crippen LogP contribution in [-0.2, 0) is 38.2 Å². The quantitative estimate of drug-likeness (QED) is 0.0313. The van der Waals surface area contributed by atoms with Gasteiger partial charge >= 0.3 is 6.09 Å². The highest BCUT2D eigenvalue weighted by Gasteiger charge is 2.28. The lowest BCUT2D eigenvalue weighted by atomic mass is 10.0. The normalized spacial score (nSPS) is 17.3. The standard InChI is InChI=1S/C23H30N2O2.C22H28N2O2.C18H19NO2.C8H13NO3.C4H9NO.2CH4/c1-24(17-22(26)18-25-14-6-3-7-15-25)23(27)21-12-10-20(11-13-21)16-19-8-4-2-5-9-19;25-21(17-24-13-5-2-6-14-24)16-23-22(26)20-11-9-19(10-12-20)15-18-7-3-1-4-8-18;1-19(12-17-13-21-17)18(20)16-9-7-15(8-10-16)11-14-5-3-2-4-6-14;1-3-4-11-8(10)9(2)5-7-6-12-7;1-5-2-4-3-6-4;;/h2,4-5,8-13,22,26H,3,6-7,14-18H2,1H3;1,3-4,7-12,21,25H,2,5-6,13-17H2,(H,23,26);2-10,17H,11-13H2,1H3;3,7H,1,4-6H2,2H3;4-5H,2-3H2,1H3;2*1H4. The average molecular weight is 1290 g/mol. The summed E-state index contributed by atoms with van der Waals surface area (Å²) in [5.41, 5.74) is 9.40. The maximum Gasteiger partial charge on any atom is 0.409 e. The first-order chi connectivity index (χ1) is 44.7. The van der Waals surface area contributed by atoms with Gasteiger partial charge in [0.1, 0.15) is 6.61 Å². The number of likely N-dealkylation sites (N-methyl/N-ethyl adjacent to an activating group) is 4. The SMILES string of the molecule is C.C.C=CCOC(=O)N(C)CC1CO1.CN(CC(O)CN1CCCCC1)C(=O)c1ccc(Cc2ccccc2)cc1.CN(CC1CO1)C(=O)c1ccc(Cc2ccccc2)cc1.CNCC1CO1.O=C(NCC(O)CN1CCCCC1)c1ccc(Cc2ccccc2)cc1. The minimum absolute atomic E-state index is 0. The first-order valence-electron chi connectivity index (χ1n) is 32.7. The van der Waals surface area contributed by atoms with E-state index in [1.54, 1.807) is 30.0 Å². The lowest BCUT2D eigenvalue weighted by Gasteiger charge is -2.30. The van der Waals surface area contributed by atoms with Crippen molar-refractivity contribution in [2.24, 2.45) is 0 Å². The lowest BCUT2D eigenvalue weighted by molar-refractivity contribution is 0.0560. The zero-order chi connectivity index (χ0) is 65.3. The molecule has 5 unspecified atom stereocenters. The maximum absolute atomic E-state index is 12.6. The molecule has 94 heavy (non-hydrogen) atoms.